The lowest BCUT2D eigenvalue weighted by Gasteiger charge is -2.42. The van der Waals surface area contributed by atoms with Gasteiger partial charge in [-0.25, -0.2) is 0 Å². The lowest BCUT2D eigenvalue weighted by Crippen LogP contribution is -2.63. The van der Waals surface area contributed by atoms with Crippen molar-refractivity contribution in [3.63, 3.8) is 0 Å². The molecule has 1 aromatic rings. The minimum atomic E-state index is -1.21. The highest BCUT2D eigenvalue weighted by molar-refractivity contribution is 5.13. The van der Waals surface area contributed by atoms with E-state index >= 15 is 0 Å². The fraction of sp³-hybridized carbons (Fsp3) is 0.500. The molecule has 0 aromatic heterocycles. The van der Waals surface area contributed by atoms with Crippen LogP contribution >= 0.6 is 0 Å². The Balaban J connectivity index is 2.08. The second-order valence-electron chi connectivity index (χ2n) is 5.17. The molecule has 0 radical (unpaired) electrons. The summed E-state index contributed by atoms with van der Waals surface area (Å²) in [5, 5.41) is 19.3. The summed E-state index contributed by atoms with van der Waals surface area (Å²) in [5.74, 6) is 0. The van der Waals surface area contributed by atoms with Crippen LogP contribution in [0.4, 0.5) is 0 Å². The summed E-state index contributed by atoms with van der Waals surface area (Å²) in [5.41, 5.74) is 6.93. The number of benzene rings is 1. The van der Waals surface area contributed by atoms with E-state index in [2.05, 4.69) is 6.58 Å². The fourth-order valence-electron chi connectivity index (χ4n) is 2.44. The summed E-state index contributed by atoms with van der Waals surface area (Å²) >= 11 is 0. The molecule has 6 nitrogen and oxygen atoms in total. The van der Waals surface area contributed by atoms with Crippen molar-refractivity contribution >= 4 is 0 Å². The van der Waals surface area contributed by atoms with E-state index in [1.54, 1.807) is 6.08 Å². The van der Waals surface area contributed by atoms with Crippen LogP contribution in [0.2, 0.25) is 0 Å². The number of aliphatic hydroxyl groups is 2. The molecule has 0 bridgehead atoms. The highest BCUT2D eigenvalue weighted by atomic mass is 16.6. The maximum Gasteiger partial charge on any atom is 0.173 e. The van der Waals surface area contributed by atoms with E-state index in [1.807, 2.05) is 30.3 Å². The number of ether oxygens (including phenoxy) is 3. The van der Waals surface area contributed by atoms with E-state index < -0.39 is 30.6 Å². The number of hydrogen-bond donors (Lipinski definition) is 3. The van der Waals surface area contributed by atoms with Crippen LogP contribution < -0.4 is 5.73 Å². The van der Waals surface area contributed by atoms with Gasteiger partial charge in [-0.05, 0) is 5.56 Å². The molecular weight excluding hydrogens is 286 g/mol. The van der Waals surface area contributed by atoms with Gasteiger partial charge in [0.25, 0.3) is 0 Å². The minimum absolute atomic E-state index is 0.272. The first-order valence-corrected chi connectivity index (χ1v) is 7.25. The van der Waals surface area contributed by atoms with E-state index in [0.29, 0.717) is 6.61 Å². The second-order valence-corrected chi connectivity index (χ2v) is 5.17. The van der Waals surface area contributed by atoms with Crippen LogP contribution in [0, 0.1) is 0 Å². The smallest absolute Gasteiger partial charge is 0.173 e. The molecule has 0 saturated carbocycles. The molecule has 5 atom stereocenters. The van der Waals surface area contributed by atoms with Crippen molar-refractivity contribution < 1.29 is 24.4 Å². The molecule has 6 heteroatoms. The molecular formula is C16H23NO5. The third kappa shape index (κ3) is 4.13. The first-order valence-electron chi connectivity index (χ1n) is 7.25. The Hall–Kier alpha value is -1.28. The Bertz CT molecular complexity index is 455. The van der Waals surface area contributed by atoms with Gasteiger partial charge in [0.05, 0.1) is 25.9 Å². The van der Waals surface area contributed by atoms with Crippen LogP contribution in [0.15, 0.2) is 43.0 Å². The van der Waals surface area contributed by atoms with Crippen LogP contribution in [0.3, 0.4) is 0 Å². The summed E-state index contributed by atoms with van der Waals surface area (Å²) in [7, 11) is 0. The van der Waals surface area contributed by atoms with Gasteiger partial charge in [0, 0.05) is 0 Å². The summed E-state index contributed by atoms with van der Waals surface area (Å²) in [6, 6.07) is 8.87. The Kier molecular flexibility index (Phi) is 6.50. The van der Waals surface area contributed by atoms with Crippen molar-refractivity contribution in [3.8, 4) is 0 Å². The first-order chi connectivity index (χ1) is 10.7. The molecule has 0 unspecified atom stereocenters. The summed E-state index contributed by atoms with van der Waals surface area (Å²) in [4.78, 5) is 0. The topological polar surface area (TPSA) is 94.2 Å². The average molecular weight is 309 g/mol. The Morgan fingerprint density at radius 3 is 2.59 bits per heavy atom. The number of rotatable bonds is 7. The van der Waals surface area contributed by atoms with Gasteiger partial charge in [0.1, 0.15) is 18.3 Å². The molecule has 1 aliphatic heterocycles. The monoisotopic (exact) mass is 309 g/mol. The predicted octanol–water partition coefficient (Wildman–Crippen LogP) is 0.180. The number of aliphatic hydroxyl groups excluding tert-OH is 2. The average Bonchev–Trinajstić information content (AvgIpc) is 2.55. The van der Waals surface area contributed by atoms with Gasteiger partial charge >= 0.3 is 0 Å². The minimum Gasteiger partial charge on any atom is -0.394 e. The SMILES string of the molecule is C=CCO[C@@H]1[C@@H](N)[C@H](O)O[C@H](CO)[C@H]1OCc1ccccc1. The van der Waals surface area contributed by atoms with Crippen molar-refractivity contribution in [3.05, 3.63) is 48.6 Å². The van der Waals surface area contributed by atoms with Crippen LogP contribution in [-0.2, 0) is 20.8 Å². The highest BCUT2D eigenvalue weighted by Gasteiger charge is 2.44. The van der Waals surface area contributed by atoms with Crippen LogP contribution in [0.25, 0.3) is 0 Å². The van der Waals surface area contributed by atoms with Crippen molar-refractivity contribution in [1.82, 2.24) is 0 Å². The number of nitrogens with two attached hydrogens (primary N) is 1. The maximum atomic E-state index is 9.83. The molecule has 4 N–H and O–H groups in total. The van der Waals surface area contributed by atoms with Crippen LogP contribution in [0.5, 0.6) is 0 Å². The van der Waals surface area contributed by atoms with Crippen molar-refractivity contribution in [2.75, 3.05) is 13.2 Å². The van der Waals surface area contributed by atoms with Gasteiger partial charge in [-0.3, -0.25) is 0 Å². The van der Waals surface area contributed by atoms with Gasteiger partial charge in [0.15, 0.2) is 6.29 Å². The van der Waals surface area contributed by atoms with E-state index in [0.717, 1.165) is 5.56 Å². The zero-order chi connectivity index (χ0) is 15.9. The Morgan fingerprint density at radius 1 is 1.23 bits per heavy atom. The lowest BCUT2D eigenvalue weighted by atomic mass is 9.97. The Labute approximate surface area is 130 Å². The molecule has 0 amide bonds. The standard InChI is InChI=1S/C16H23NO5/c1-2-8-20-15-13(17)16(19)22-12(9-18)14(15)21-10-11-6-4-3-5-7-11/h2-7,12-16,18-19H,1,8-10,17H2/t12-,13-,14-,15-,16-/m1/s1. The predicted molar refractivity (Wildman–Crippen MR) is 80.9 cm³/mol. The zero-order valence-electron chi connectivity index (χ0n) is 12.4. The van der Waals surface area contributed by atoms with Crippen LogP contribution in [-0.4, -0.2) is 54.1 Å². The van der Waals surface area contributed by atoms with Crippen molar-refractivity contribution in [2.45, 2.75) is 37.3 Å². The molecule has 1 saturated heterocycles. The number of hydrogen-bond acceptors (Lipinski definition) is 6. The summed E-state index contributed by atoms with van der Waals surface area (Å²) < 4.78 is 16.8. The quantitative estimate of drug-likeness (QED) is 0.622. The van der Waals surface area contributed by atoms with E-state index in [9.17, 15) is 10.2 Å². The van der Waals surface area contributed by atoms with E-state index in [1.165, 1.54) is 0 Å². The molecule has 122 valence electrons. The van der Waals surface area contributed by atoms with Gasteiger partial charge in [-0.2, -0.15) is 0 Å². The fourth-order valence-corrected chi connectivity index (χ4v) is 2.44. The normalized spacial score (nSPS) is 31.9. The molecule has 1 aromatic carbocycles. The molecule has 2 rings (SSSR count). The van der Waals surface area contributed by atoms with Gasteiger partial charge in [-0.15, -0.1) is 6.58 Å². The molecule has 1 aliphatic rings. The molecule has 1 heterocycles. The highest BCUT2D eigenvalue weighted by Crippen LogP contribution is 2.24. The van der Waals surface area contributed by atoms with Gasteiger partial charge < -0.3 is 30.2 Å². The largest absolute Gasteiger partial charge is 0.394 e. The summed E-state index contributed by atoms with van der Waals surface area (Å²) in [6.45, 7) is 3.91. The molecule has 0 spiro atoms. The Morgan fingerprint density at radius 2 is 1.95 bits per heavy atom. The second kappa shape index (κ2) is 8.38. The summed E-state index contributed by atoms with van der Waals surface area (Å²) in [6.07, 6.45) is -1.49. The zero-order valence-corrected chi connectivity index (χ0v) is 12.4. The van der Waals surface area contributed by atoms with Gasteiger partial charge in [-0.1, -0.05) is 36.4 Å². The van der Waals surface area contributed by atoms with Gasteiger partial charge in [0.2, 0.25) is 0 Å². The molecule has 22 heavy (non-hydrogen) atoms. The van der Waals surface area contributed by atoms with Crippen molar-refractivity contribution in [1.29, 1.82) is 0 Å². The molecule has 0 aliphatic carbocycles. The van der Waals surface area contributed by atoms with E-state index in [4.69, 9.17) is 19.9 Å². The van der Waals surface area contributed by atoms with E-state index in [-0.39, 0.29) is 13.2 Å². The van der Waals surface area contributed by atoms with Crippen molar-refractivity contribution in [2.24, 2.45) is 5.73 Å². The molecule has 1 fully saturated rings. The first kappa shape index (κ1) is 17.1. The van der Waals surface area contributed by atoms with Crippen LogP contribution in [0.1, 0.15) is 5.56 Å². The maximum absolute atomic E-state index is 9.83. The third-order valence-electron chi connectivity index (χ3n) is 3.58. The third-order valence-corrected chi connectivity index (χ3v) is 3.58. The lowest BCUT2D eigenvalue weighted by molar-refractivity contribution is -0.267.